The Morgan fingerprint density at radius 2 is 2.57 bits per heavy atom. The standard InChI is InChI=1S/C10H12O3S/c11-9(5-8-1-2-12-6-8)10-7-14-4-3-13-10/h1-2,6,10H,3-5,7H2. The molecule has 1 aromatic rings. The van der Waals surface area contributed by atoms with Crippen molar-refractivity contribution >= 4 is 17.5 Å². The number of rotatable bonds is 3. The molecule has 1 fully saturated rings. The molecule has 3 nitrogen and oxygen atoms in total. The van der Waals surface area contributed by atoms with E-state index in [-0.39, 0.29) is 11.9 Å². The van der Waals surface area contributed by atoms with Crippen LogP contribution in [-0.2, 0) is 16.0 Å². The largest absolute Gasteiger partial charge is 0.472 e. The molecule has 1 aliphatic rings. The lowest BCUT2D eigenvalue weighted by Gasteiger charge is -2.20. The van der Waals surface area contributed by atoms with Gasteiger partial charge in [0.25, 0.3) is 0 Å². The van der Waals surface area contributed by atoms with E-state index < -0.39 is 0 Å². The summed E-state index contributed by atoms with van der Waals surface area (Å²) in [6.07, 6.45) is 3.39. The van der Waals surface area contributed by atoms with Gasteiger partial charge < -0.3 is 9.15 Å². The Labute approximate surface area is 86.8 Å². The van der Waals surface area contributed by atoms with E-state index in [2.05, 4.69) is 0 Å². The van der Waals surface area contributed by atoms with Crippen LogP contribution in [0.1, 0.15) is 5.56 Å². The molecule has 0 radical (unpaired) electrons. The van der Waals surface area contributed by atoms with Gasteiger partial charge in [0.05, 0.1) is 19.1 Å². The monoisotopic (exact) mass is 212 g/mol. The van der Waals surface area contributed by atoms with Gasteiger partial charge in [0, 0.05) is 17.9 Å². The smallest absolute Gasteiger partial charge is 0.166 e. The zero-order valence-corrected chi connectivity index (χ0v) is 8.59. The molecule has 2 heterocycles. The van der Waals surface area contributed by atoms with Crippen molar-refractivity contribution in [3.63, 3.8) is 0 Å². The molecule has 76 valence electrons. The van der Waals surface area contributed by atoms with E-state index in [0.29, 0.717) is 13.0 Å². The van der Waals surface area contributed by atoms with Crippen LogP contribution in [0.5, 0.6) is 0 Å². The van der Waals surface area contributed by atoms with Crippen LogP contribution in [0.4, 0.5) is 0 Å². The van der Waals surface area contributed by atoms with Crippen LogP contribution in [0.3, 0.4) is 0 Å². The first-order valence-electron chi connectivity index (χ1n) is 4.59. The molecule has 0 saturated carbocycles. The second-order valence-corrected chi connectivity index (χ2v) is 4.36. The van der Waals surface area contributed by atoms with Gasteiger partial charge in [-0.3, -0.25) is 4.79 Å². The number of furan rings is 1. The highest BCUT2D eigenvalue weighted by atomic mass is 32.2. The number of carbonyl (C=O) groups excluding carboxylic acids is 1. The van der Waals surface area contributed by atoms with Crippen molar-refractivity contribution in [3.05, 3.63) is 24.2 Å². The van der Waals surface area contributed by atoms with Crippen molar-refractivity contribution in [1.29, 1.82) is 0 Å². The van der Waals surface area contributed by atoms with E-state index in [1.54, 1.807) is 24.3 Å². The average Bonchev–Trinajstić information content (AvgIpc) is 2.72. The summed E-state index contributed by atoms with van der Waals surface area (Å²) in [6, 6.07) is 1.81. The summed E-state index contributed by atoms with van der Waals surface area (Å²) >= 11 is 1.77. The molecule has 1 saturated heterocycles. The molecule has 1 atom stereocenters. The molecular formula is C10H12O3S. The first kappa shape index (κ1) is 9.80. The molecule has 1 unspecified atom stereocenters. The fraction of sp³-hybridized carbons (Fsp3) is 0.500. The first-order valence-corrected chi connectivity index (χ1v) is 5.75. The minimum absolute atomic E-state index is 0.151. The molecule has 0 amide bonds. The molecule has 0 bridgehead atoms. The number of ketones is 1. The van der Waals surface area contributed by atoms with Gasteiger partial charge in [-0.05, 0) is 11.6 Å². The third kappa shape index (κ3) is 2.39. The van der Waals surface area contributed by atoms with Gasteiger partial charge >= 0.3 is 0 Å². The minimum Gasteiger partial charge on any atom is -0.472 e. The quantitative estimate of drug-likeness (QED) is 0.761. The average molecular weight is 212 g/mol. The Bertz CT molecular complexity index is 288. The summed E-state index contributed by atoms with van der Waals surface area (Å²) in [6.45, 7) is 0.687. The summed E-state index contributed by atoms with van der Waals surface area (Å²) in [5.41, 5.74) is 0.925. The summed E-state index contributed by atoms with van der Waals surface area (Å²) in [5, 5.41) is 0. The van der Waals surface area contributed by atoms with Gasteiger partial charge in [-0.1, -0.05) is 0 Å². The lowest BCUT2D eigenvalue weighted by atomic mass is 10.1. The number of ether oxygens (including phenoxy) is 1. The molecule has 0 aliphatic carbocycles. The van der Waals surface area contributed by atoms with E-state index in [0.717, 1.165) is 17.1 Å². The summed E-state index contributed by atoms with van der Waals surface area (Å²) in [5.74, 6) is 1.94. The van der Waals surface area contributed by atoms with Crippen molar-refractivity contribution < 1.29 is 13.9 Å². The van der Waals surface area contributed by atoms with Crippen molar-refractivity contribution in [2.45, 2.75) is 12.5 Å². The number of carbonyl (C=O) groups is 1. The molecule has 1 aliphatic heterocycles. The van der Waals surface area contributed by atoms with E-state index in [1.807, 2.05) is 6.07 Å². The van der Waals surface area contributed by atoms with Crippen LogP contribution < -0.4 is 0 Å². The van der Waals surface area contributed by atoms with Gasteiger partial charge in [0.1, 0.15) is 6.10 Å². The molecule has 0 N–H and O–H groups in total. The van der Waals surface area contributed by atoms with E-state index >= 15 is 0 Å². The number of Topliss-reactive ketones (excluding diaryl/α,β-unsaturated/α-hetero) is 1. The molecule has 2 rings (SSSR count). The highest BCUT2D eigenvalue weighted by Gasteiger charge is 2.22. The van der Waals surface area contributed by atoms with Gasteiger partial charge in [-0.25, -0.2) is 0 Å². The third-order valence-corrected chi connectivity index (χ3v) is 3.13. The summed E-state index contributed by atoms with van der Waals surface area (Å²) in [7, 11) is 0. The van der Waals surface area contributed by atoms with Crippen LogP contribution in [0.25, 0.3) is 0 Å². The number of thioether (sulfide) groups is 1. The SMILES string of the molecule is O=C(Cc1ccoc1)C1CSCCO1. The molecule has 4 heteroatoms. The maximum absolute atomic E-state index is 11.7. The maximum atomic E-state index is 11.7. The van der Waals surface area contributed by atoms with Crippen molar-refractivity contribution in [3.8, 4) is 0 Å². The molecule has 14 heavy (non-hydrogen) atoms. The lowest BCUT2D eigenvalue weighted by Crippen LogP contribution is -2.32. The van der Waals surface area contributed by atoms with Gasteiger partial charge in [-0.2, -0.15) is 11.8 Å². The Morgan fingerprint density at radius 3 is 3.21 bits per heavy atom. The second-order valence-electron chi connectivity index (χ2n) is 3.21. The predicted molar refractivity (Wildman–Crippen MR) is 54.5 cm³/mol. The normalized spacial score (nSPS) is 22.1. The van der Waals surface area contributed by atoms with E-state index in [4.69, 9.17) is 9.15 Å². The van der Waals surface area contributed by atoms with Crippen LogP contribution in [0, 0.1) is 0 Å². The predicted octanol–water partition coefficient (Wildman–Crippen LogP) is 1.52. The zero-order chi connectivity index (χ0) is 9.80. The molecule has 0 aromatic carbocycles. The Balaban J connectivity index is 1.88. The summed E-state index contributed by atoms with van der Waals surface area (Å²) in [4.78, 5) is 11.7. The second kappa shape index (κ2) is 4.66. The third-order valence-electron chi connectivity index (χ3n) is 2.13. The van der Waals surface area contributed by atoms with Crippen LogP contribution in [-0.4, -0.2) is 30.0 Å². The Morgan fingerprint density at radius 1 is 1.64 bits per heavy atom. The highest BCUT2D eigenvalue weighted by Crippen LogP contribution is 2.15. The van der Waals surface area contributed by atoms with Crippen molar-refractivity contribution in [1.82, 2.24) is 0 Å². The summed E-state index contributed by atoms with van der Waals surface area (Å²) < 4.78 is 10.3. The van der Waals surface area contributed by atoms with Gasteiger partial charge in [0.2, 0.25) is 0 Å². The van der Waals surface area contributed by atoms with Gasteiger partial charge in [0.15, 0.2) is 5.78 Å². The van der Waals surface area contributed by atoms with E-state index in [1.165, 1.54) is 0 Å². The van der Waals surface area contributed by atoms with Gasteiger partial charge in [-0.15, -0.1) is 0 Å². The zero-order valence-electron chi connectivity index (χ0n) is 7.77. The molecule has 1 aromatic heterocycles. The number of hydrogen-bond acceptors (Lipinski definition) is 4. The first-order chi connectivity index (χ1) is 6.86. The fourth-order valence-corrected chi connectivity index (χ4v) is 2.26. The van der Waals surface area contributed by atoms with E-state index in [9.17, 15) is 4.79 Å². The highest BCUT2D eigenvalue weighted by molar-refractivity contribution is 7.99. The number of hydrogen-bond donors (Lipinski definition) is 0. The van der Waals surface area contributed by atoms with Crippen LogP contribution in [0.2, 0.25) is 0 Å². The van der Waals surface area contributed by atoms with Crippen LogP contribution >= 0.6 is 11.8 Å². The maximum Gasteiger partial charge on any atom is 0.166 e. The van der Waals surface area contributed by atoms with Crippen molar-refractivity contribution in [2.75, 3.05) is 18.1 Å². The molecule has 0 spiro atoms. The topological polar surface area (TPSA) is 39.4 Å². The fourth-order valence-electron chi connectivity index (χ4n) is 1.38. The minimum atomic E-state index is -0.219. The Hall–Kier alpha value is -0.740. The Kier molecular flexibility index (Phi) is 3.26. The lowest BCUT2D eigenvalue weighted by molar-refractivity contribution is -0.128. The molecular weight excluding hydrogens is 200 g/mol. The van der Waals surface area contributed by atoms with Crippen LogP contribution in [0.15, 0.2) is 23.0 Å². The van der Waals surface area contributed by atoms with Crippen molar-refractivity contribution in [2.24, 2.45) is 0 Å².